The molecule has 0 atom stereocenters. The van der Waals surface area contributed by atoms with Gasteiger partial charge in [0.15, 0.2) is 0 Å². The number of hydrogen-bond donors (Lipinski definition) is 1. The monoisotopic (exact) mass is 429 g/mol. The highest BCUT2D eigenvalue weighted by molar-refractivity contribution is 5.91. The quantitative estimate of drug-likeness (QED) is 0.358. The summed E-state index contributed by atoms with van der Waals surface area (Å²) in [6.45, 7) is 1.07. The van der Waals surface area contributed by atoms with Crippen molar-refractivity contribution in [1.29, 1.82) is 0 Å². The smallest absolute Gasteiger partial charge is 0.339 e. The molecule has 2 heterocycles. The molecule has 0 aliphatic carbocycles. The van der Waals surface area contributed by atoms with Crippen LogP contribution in [0, 0.1) is 22.9 Å². The van der Waals surface area contributed by atoms with Crippen molar-refractivity contribution in [2.75, 3.05) is 12.4 Å². The van der Waals surface area contributed by atoms with Crippen LogP contribution in [0.25, 0.3) is 5.69 Å². The van der Waals surface area contributed by atoms with Crippen LogP contribution in [-0.2, 0) is 16.1 Å². The summed E-state index contributed by atoms with van der Waals surface area (Å²) >= 11 is 0. The average Bonchev–Trinajstić information content (AvgIpc) is 3.08. The number of rotatable bonds is 6. The summed E-state index contributed by atoms with van der Waals surface area (Å²) in [5.41, 5.74) is -1.15. The third kappa shape index (κ3) is 4.63. The molecule has 160 valence electrons. The molecular weight excluding hydrogens is 413 g/mol. The number of pyridine rings is 1. The van der Waals surface area contributed by atoms with E-state index in [0.717, 1.165) is 23.9 Å². The van der Waals surface area contributed by atoms with Crippen LogP contribution in [-0.4, -0.2) is 38.3 Å². The highest BCUT2D eigenvalue weighted by atomic mass is 19.1. The lowest BCUT2D eigenvalue weighted by atomic mass is 10.2. The van der Waals surface area contributed by atoms with Gasteiger partial charge in [0.05, 0.1) is 29.0 Å². The van der Waals surface area contributed by atoms with Gasteiger partial charge in [-0.3, -0.25) is 24.3 Å². The van der Waals surface area contributed by atoms with Crippen molar-refractivity contribution in [3.8, 4) is 5.69 Å². The highest BCUT2D eigenvalue weighted by Crippen LogP contribution is 2.18. The molecule has 3 aromatic rings. The van der Waals surface area contributed by atoms with Gasteiger partial charge in [0, 0.05) is 18.3 Å². The number of nitrogens with zero attached hydrogens (tertiary/aromatic N) is 4. The SMILES string of the molecule is COC(=O)c1cc([N+](=O)[O-])c(=O)n(CC(=O)Nc2cc(C)nn2-c2ccc(F)cc2)c1. The van der Waals surface area contributed by atoms with Gasteiger partial charge in [-0.1, -0.05) is 0 Å². The summed E-state index contributed by atoms with van der Waals surface area (Å²) in [5, 5.41) is 17.9. The largest absolute Gasteiger partial charge is 0.465 e. The molecule has 1 N–H and O–H groups in total. The molecule has 0 bridgehead atoms. The number of ether oxygens (including phenoxy) is 1. The normalized spacial score (nSPS) is 10.5. The molecule has 3 rings (SSSR count). The number of methoxy groups -OCH3 is 1. The molecule has 0 radical (unpaired) electrons. The summed E-state index contributed by atoms with van der Waals surface area (Å²) in [4.78, 5) is 46.8. The van der Waals surface area contributed by atoms with E-state index in [0.29, 0.717) is 11.4 Å². The Hall–Kier alpha value is -4.35. The Morgan fingerprint density at radius 3 is 2.55 bits per heavy atom. The molecule has 0 saturated carbocycles. The van der Waals surface area contributed by atoms with Crippen molar-refractivity contribution < 1.29 is 23.6 Å². The lowest BCUT2D eigenvalue weighted by Crippen LogP contribution is -2.30. The number of carbonyl (C=O) groups excluding carboxylic acids is 2. The first kappa shape index (κ1) is 21.4. The van der Waals surface area contributed by atoms with Crippen molar-refractivity contribution >= 4 is 23.4 Å². The number of carbonyl (C=O) groups is 2. The highest BCUT2D eigenvalue weighted by Gasteiger charge is 2.21. The summed E-state index contributed by atoms with van der Waals surface area (Å²) < 4.78 is 19.8. The molecule has 11 nitrogen and oxygen atoms in total. The minimum atomic E-state index is -1.06. The molecular formula is C19H16FN5O6. The third-order valence-electron chi connectivity index (χ3n) is 4.17. The number of hydrogen-bond acceptors (Lipinski definition) is 7. The number of anilines is 1. The van der Waals surface area contributed by atoms with E-state index in [1.807, 2.05) is 0 Å². The fraction of sp³-hybridized carbons (Fsp3) is 0.158. The van der Waals surface area contributed by atoms with E-state index in [-0.39, 0.29) is 11.4 Å². The number of amides is 1. The molecule has 1 aromatic carbocycles. The van der Waals surface area contributed by atoms with E-state index < -0.39 is 40.4 Å². The van der Waals surface area contributed by atoms with Crippen LogP contribution in [0.3, 0.4) is 0 Å². The van der Waals surface area contributed by atoms with Crippen LogP contribution in [0.2, 0.25) is 0 Å². The van der Waals surface area contributed by atoms with Gasteiger partial charge in [0.25, 0.3) is 0 Å². The minimum absolute atomic E-state index is 0.237. The van der Waals surface area contributed by atoms with E-state index in [1.54, 1.807) is 13.0 Å². The summed E-state index contributed by atoms with van der Waals surface area (Å²) in [6.07, 6.45) is 1.00. The Balaban J connectivity index is 1.91. The molecule has 0 aliphatic rings. The lowest BCUT2D eigenvalue weighted by molar-refractivity contribution is -0.386. The van der Waals surface area contributed by atoms with Crippen LogP contribution in [0.15, 0.2) is 47.4 Å². The van der Waals surface area contributed by atoms with Gasteiger partial charge < -0.3 is 10.1 Å². The lowest BCUT2D eigenvalue weighted by Gasteiger charge is -2.11. The van der Waals surface area contributed by atoms with Gasteiger partial charge >= 0.3 is 17.2 Å². The minimum Gasteiger partial charge on any atom is -0.465 e. The first-order valence-electron chi connectivity index (χ1n) is 8.79. The van der Waals surface area contributed by atoms with Crippen LogP contribution < -0.4 is 10.9 Å². The zero-order valence-electron chi connectivity index (χ0n) is 16.4. The van der Waals surface area contributed by atoms with E-state index in [4.69, 9.17) is 0 Å². The molecule has 0 unspecified atom stereocenters. The number of aromatic nitrogens is 3. The molecule has 12 heteroatoms. The van der Waals surface area contributed by atoms with E-state index >= 15 is 0 Å². The summed E-state index contributed by atoms with van der Waals surface area (Å²) in [6, 6.07) is 7.73. The fourth-order valence-electron chi connectivity index (χ4n) is 2.80. The number of aryl methyl sites for hydroxylation is 1. The van der Waals surface area contributed by atoms with Gasteiger partial charge in [-0.15, -0.1) is 0 Å². The van der Waals surface area contributed by atoms with Crippen molar-refractivity contribution in [3.05, 3.63) is 80.1 Å². The Labute approximate surface area is 173 Å². The van der Waals surface area contributed by atoms with Gasteiger partial charge in [0.1, 0.15) is 18.2 Å². The standard InChI is InChI=1S/C19H16FN5O6/c1-11-7-16(24(22-11)14-5-3-13(20)4-6-14)21-17(26)10-23-9-12(19(28)31-2)8-15(18(23)27)25(29)30/h3-9H,10H2,1-2H3,(H,21,26). The number of benzene rings is 1. The molecule has 0 spiro atoms. The first-order valence-corrected chi connectivity index (χ1v) is 8.79. The predicted octanol–water partition coefficient (Wildman–Crippen LogP) is 1.82. The van der Waals surface area contributed by atoms with Gasteiger partial charge in [0.2, 0.25) is 5.91 Å². The van der Waals surface area contributed by atoms with Crippen LogP contribution in [0.1, 0.15) is 16.1 Å². The van der Waals surface area contributed by atoms with Gasteiger partial charge in [-0.25, -0.2) is 13.9 Å². The summed E-state index contributed by atoms with van der Waals surface area (Å²) in [7, 11) is 1.08. The van der Waals surface area contributed by atoms with E-state index in [2.05, 4.69) is 15.2 Å². The number of nitrogens with one attached hydrogen (secondary N) is 1. The van der Waals surface area contributed by atoms with Crippen molar-refractivity contribution in [3.63, 3.8) is 0 Å². The molecule has 0 saturated heterocycles. The second kappa shape index (κ2) is 8.57. The Kier molecular flexibility index (Phi) is 5.90. The maximum absolute atomic E-state index is 13.2. The van der Waals surface area contributed by atoms with Gasteiger partial charge in [-0.05, 0) is 31.2 Å². The topological polar surface area (TPSA) is 138 Å². The Morgan fingerprint density at radius 1 is 1.26 bits per heavy atom. The zero-order chi connectivity index (χ0) is 22.7. The average molecular weight is 429 g/mol. The molecule has 2 aromatic heterocycles. The van der Waals surface area contributed by atoms with Crippen molar-refractivity contribution in [1.82, 2.24) is 14.3 Å². The first-order chi connectivity index (χ1) is 14.7. The van der Waals surface area contributed by atoms with Crippen LogP contribution in [0.4, 0.5) is 15.9 Å². The molecule has 1 amide bonds. The van der Waals surface area contributed by atoms with Crippen LogP contribution in [0.5, 0.6) is 0 Å². The molecule has 0 aliphatic heterocycles. The molecule has 0 fully saturated rings. The number of halogens is 1. The van der Waals surface area contributed by atoms with Crippen molar-refractivity contribution in [2.24, 2.45) is 0 Å². The predicted molar refractivity (Wildman–Crippen MR) is 106 cm³/mol. The van der Waals surface area contributed by atoms with E-state index in [9.17, 15) is 28.9 Å². The molecule has 31 heavy (non-hydrogen) atoms. The van der Waals surface area contributed by atoms with Crippen molar-refractivity contribution in [2.45, 2.75) is 13.5 Å². The maximum atomic E-state index is 13.2. The maximum Gasteiger partial charge on any atom is 0.339 e. The fourth-order valence-corrected chi connectivity index (χ4v) is 2.80. The Bertz CT molecular complexity index is 1230. The van der Waals surface area contributed by atoms with E-state index in [1.165, 1.54) is 28.9 Å². The second-order valence-corrected chi connectivity index (χ2v) is 6.40. The number of nitro groups is 1. The zero-order valence-corrected chi connectivity index (χ0v) is 16.4. The Morgan fingerprint density at radius 2 is 1.94 bits per heavy atom. The second-order valence-electron chi connectivity index (χ2n) is 6.40. The number of esters is 1. The third-order valence-corrected chi connectivity index (χ3v) is 4.17. The summed E-state index contributed by atoms with van der Waals surface area (Å²) in [5.74, 6) is -1.81. The van der Waals surface area contributed by atoms with Gasteiger partial charge in [-0.2, -0.15) is 5.10 Å². The van der Waals surface area contributed by atoms with Crippen LogP contribution >= 0.6 is 0 Å².